The van der Waals surface area contributed by atoms with Gasteiger partial charge in [0.15, 0.2) is 0 Å². The summed E-state index contributed by atoms with van der Waals surface area (Å²) in [6.45, 7) is 0. The van der Waals surface area contributed by atoms with Crippen LogP contribution in [0.2, 0.25) is 0 Å². The summed E-state index contributed by atoms with van der Waals surface area (Å²) in [6, 6.07) is 8.61. The van der Waals surface area contributed by atoms with Crippen molar-refractivity contribution in [2.24, 2.45) is 0 Å². The van der Waals surface area contributed by atoms with Crippen LogP contribution in [0.3, 0.4) is 0 Å². The Morgan fingerprint density at radius 2 is 1.88 bits per heavy atom. The number of carbonyl (C=O) groups excluding carboxylic acids is 1. The normalized spacial score (nSPS) is 10.2. The van der Waals surface area contributed by atoms with Gasteiger partial charge in [-0.15, -0.1) is 0 Å². The highest BCUT2D eigenvalue weighted by Crippen LogP contribution is 2.32. The van der Waals surface area contributed by atoms with E-state index in [-0.39, 0.29) is 5.91 Å². The minimum atomic E-state index is -0.235. The first-order valence-corrected chi connectivity index (χ1v) is 7.50. The van der Waals surface area contributed by atoms with Crippen molar-refractivity contribution in [2.75, 3.05) is 14.2 Å². The topological polar surface area (TPSA) is 86.2 Å². The molecule has 0 spiro atoms. The van der Waals surface area contributed by atoms with Crippen molar-refractivity contribution in [1.82, 2.24) is 20.3 Å². The number of hydrogen-bond donors (Lipinski definition) is 1. The molecule has 0 aliphatic carbocycles. The summed E-state index contributed by atoms with van der Waals surface area (Å²) >= 11 is 0. The fraction of sp³-hybridized carbons (Fsp3) is 0.111. The van der Waals surface area contributed by atoms with Crippen LogP contribution in [0.5, 0.6) is 17.4 Å². The van der Waals surface area contributed by atoms with Gasteiger partial charge in [0, 0.05) is 48.4 Å². The molecule has 25 heavy (non-hydrogen) atoms. The third-order valence-corrected chi connectivity index (χ3v) is 3.46. The van der Waals surface area contributed by atoms with E-state index >= 15 is 0 Å². The average Bonchev–Trinajstić information content (AvgIpc) is 2.68. The zero-order valence-corrected chi connectivity index (χ0v) is 13.8. The predicted molar refractivity (Wildman–Crippen MR) is 91.7 cm³/mol. The van der Waals surface area contributed by atoms with Gasteiger partial charge in [-0.2, -0.15) is 0 Å². The molecule has 1 aromatic carbocycles. The minimum absolute atomic E-state index is 0.235. The maximum atomic E-state index is 11.9. The molecule has 0 atom stereocenters. The summed E-state index contributed by atoms with van der Waals surface area (Å²) in [7, 11) is 3.09. The van der Waals surface area contributed by atoms with E-state index in [1.807, 2.05) is 6.07 Å². The van der Waals surface area contributed by atoms with E-state index in [4.69, 9.17) is 9.47 Å². The van der Waals surface area contributed by atoms with Crippen LogP contribution in [0.15, 0.2) is 55.2 Å². The molecule has 0 aliphatic heterocycles. The lowest BCUT2D eigenvalue weighted by atomic mass is 10.1. The number of ether oxygens (including phenoxy) is 2. The Bertz CT molecular complexity index is 884. The Morgan fingerprint density at radius 3 is 2.60 bits per heavy atom. The van der Waals surface area contributed by atoms with E-state index in [0.29, 0.717) is 22.9 Å². The van der Waals surface area contributed by atoms with Crippen LogP contribution in [0, 0.1) is 0 Å². The van der Waals surface area contributed by atoms with Gasteiger partial charge in [-0.05, 0) is 24.3 Å². The average molecular weight is 336 g/mol. The molecule has 0 radical (unpaired) electrons. The lowest BCUT2D eigenvalue weighted by Gasteiger charge is -2.12. The minimum Gasteiger partial charge on any atom is -0.497 e. The van der Waals surface area contributed by atoms with Crippen molar-refractivity contribution < 1.29 is 14.3 Å². The molecule has 0 unspecified atom stereocenters. The van der Waals surface area contributed by atoms with Crippen molar-refractivity contribution in [3.63, 3.8) is 0 Å². The molecule has 7 nitrogen and oxygen atoms in total. The molecule has 1 N–H and O–H groups in total. The van der Waals surface area contributed by atoms with Gasteiger partial charge < -0.3 is 14.8 Å². The Labute approximate surface area is 144 Å². The van der Waals surface area contributed by atoms with Crippen LogP contribution in [0.1, 0.15) is 10.4 Å². The van der Waals surface area contributed by atoms with Gasteiger partial charge in [0.25, 0.3) is 5.91 Å². The number of nitrogens with zero attached hydrogens (tertiary/aromatic N) is 3. The zero-order chi connectivity index (χ0) is 17.6. The molecule has 0 saturated heterocycles. The van der Waals surface area contributed by atoms with Gasteiger partial charge >= 0.3 is 0 Å². The molecule has 126 valence electrons. The van der Waals surface area contributed by atoms with Crippen LogP contribution < -0.4 is 14.8 Å². The maximum Gasteiger partial charge on any atom is 0.251 e. The highest BCUT2D eigenvalue weighted by Gasteiger charge is 2.13. The van der Waals surface area contributed by atoms with E-state index < -0.39 is 0 Å². The lowest BCUT2D eigenvalue weighted by molar-refractivity contribution is 0.0962. The molecule has 1 amide bonds. The molecule has 3 rings (SSSR count). The molecule has 3 aromatic rings. The number of nitrogens with one attached hydrogen (secondary N) is 1. The van der Waals surface area contributed by atoms with E-state index in [9.17, 15) is 4.79 Å². The Morgan fingerprint density at radius 1 is 1.12 bits per heavy atom. The van der Waals surface area contributed by atoms with Crippen LogP contribution in [-0.4, -0.2) is 35.0 Å². The summed E-state index contributed by atoms with van der Waals surface area (Å²) in [4.78, 5) is 24.2. The number of benzene rings is 1. The van der Waals surface area contributed by atoms with Crippen molar-refractivity contribution in [1.29, 1.82) is 0 Å². The highest BCUT2D eigenvalue weighted by molar-refractivity contribution is 5.94. The van der Waals surface area contributed by atoms with Crippen LogP contribution in [0.25, 0.3) is 11.1 Å². The van der Waals surface area contributed by atoms with Gasteiger partial charge in [-0.3, -0.25) is 4.79 Å². The molecular weight excluding hydrogens is 320 g/mol. The molecule has 0 fully saturated rings. The predicted octanol–water partition coefficient (Wildman–Crippen LogP) is 2.70. The number of methoxy groups -OCH3 is 1. The summed E-state index contributed by atoms with van der Waals surface area (Å²) in [6.07, 6.45) is 6.44. The number of pyridine rings is 1. The van der Waals surface area contributed by atoms with Crippen molar-refractivity contribution in [2.45, 2.75) is 0 Å². The smallest absolute Gasteiger partial charge is 0.251 e. The molecule has 2 heterocycles. The third-order valence-electron chi connectivity index (χ3n) is 3.46. The first-order valence-electron chi connectivity index (χ1n) is 7.50. The molecule has 7 heteroatoms. The first-order chi connectivity index (χ1) is 12.2. The number of rotatable bonds is 5. The second-order valence-corrected chi connectivity index (χ2v) is 5.06. The van der Waals surface area contributed by atoms with Crippen molar-refractivity contribution in [3.05, 3.63) is 60.8 Å². The second kappa shape index (κ2) is 7.39. The summed E-state index contributed by atoms with van der Waals surface area (Å²) in [5, 5.41) is 2.58. The third kappa shape index (κ3) is 3.72. The fourth-order valence-electron chi connectivity index (χ4n) is 2.27. The summed E-state index contributed by atoms with van der Waals surface area (Å²) in [5.41, 5.74) is 1.95. The largest absolute Gasteiger partial charge is 0.497 e. The molecule has 0 bridgehead atoms. The summed E-state index contributed by atoms with van der Waals surface area (Å²) in [5.74, 6) is 1.10. The van der Waals surface area contributed by atoms with Gasteiger partial charge in [-0.25, -0.2) is 15.0 Å². The second-order valence-electron chi connectivity index (χ2n) is 5.06. The number of carbonyl (C=O) groups is 1. The van der Waals surface area contributed by atoms with Crippen LogP contribution in [-0.2, 0) is 0 Å². The SMILES string of the molecule is CNC(=O)c1cc(OC)cc(Oc2ncccc2-c2cncnc2)c1. The standard InChI is InChI=1S/C18H16N4O3/c1-19-17(23)12-6-14(24-2)8-15(7-12)25-18-16(4-3-5-22-18)13-9-20-11-21-10-13/h3-11H,1-2H3,(H,19,23). The van der Waals surface area contributed by atoms with E-state index in [1.54, 1.807) is 49.9 Å². The maximum absolute atomic E-state index is 11.9. The Hall–Kier alpha value is -3.48. The fourth-order valence-corrected chi connectivity index (χ4v) is 2.27. The molecular formula is C18H16N4O3. The summed E-state index contributed by atoms with van der Waals surface area (Å²) < 4.78 is 11.2. The van der Waals surface area contributed by atoms with E-state index in [2.05, 4.69) is 20.3 Å². The van der Waals surface area contributed by atoms with Gasteiger partial charge in [-0.1, -0.05) is 0 Å². The van der Waals surface area contributed by atoms with Crippen LogP contribution in [0.4, 0.5) is 0 Å². The number of amides is 1. The number of aromatic nitrogens is 3. The Kier molecular flexibility index (Phi) is 4.84. The van der Waals surface area contributed by atoms with Crippen molar-refractivity contribution in [3.8, 4) is 28.5 Å². The quantitative estimate of drug-likeness (QED) is 0.771. The molecule has 0 aliphatic rings. The lowest BCUT2D eigenvalue weighted by Crippen LogP contribution is -2.17. The van der Waals surface area contributed by atoms with Crippen LogP contribution >= 0.6 is 0 Å². The van der Waals surface area contributed by atoms with Gasteiger partial charge in [0.1, 0.15) is 17.8 Å². The van der Waals surface area contributed by atoms with E-state index in [0.717, 1.165) is 11.1 Å². The monoisotopic (exact) mass is 336 g/mol. The number of hydrogen-bond acceptors (Lipinski definition) is 6. The molecule has 0 saturated carbocycles. The zero-order valence-electron chi connectivity index (χ0n) is 13.8. The highest BCUT2D eigenvalue weighted by atomic mass is 16.5. The van der Waals surface area contributed by atoms with Gasteiger partial charge in [0.05, 0.1) is 7.11 Å². The van der Waals surface area contributed by atoms with Gasteiger partial charge in [0.2, 0.25) is 5.88 Å². The Balaban J connectivity index is 2.00. The molecule has 2 aromatic heterocycles. The van der Waals surface area contributed by atoms with Crippen molar-refractivity contribution >= 4 is 5.91 Å². The van der Waals surface area contributed by atoms with E-state index in [1.165, 1.54) is 13.4 Å². The first kappa shape index (κ1) is 16.4.